The van der Waals surface area contributed by atoms with Gasteiger partial charge in [0.25, 0.3) is 5.91 Å². The summed E-state index contributed by atoms with van der Waals surface area (Å²) in [4.78, 5) is 37.0. The number of hydrogen-bond acceptors (Lipinski definition) is 9. The quantitative estimate of drug-likeness (QED) is 0.204. The van der Waals surface area contributed by atoms with E-state index in [0.29, 0.717) is 72.4 Å². The fourth-order valence-corrected chi connectivity index (χ4v) is 5.63. The van der Waals surface area contributed by atoms with E-state index in [1.807, 2.05) is 4.90 Å². The molecule has 2 aliphatic heterocycles. The zero-order chi connectivity index (χ0) is 27.1. The first-order valence-electron chi connectivity index (χ1n) is 12.1. The number of anilines is 1. The van der Waals surface area contributed by atoms with Crippen molar-refractivity contribution in [3.63, 3.8) is 0 Å². The second kappa shape index (κ2) is 10.6. The summed E-state index contributed by atoms with van der Waals surface area (Å²) in [5.74, 6) is -2.14. The number of aliphatic hydroxyl groups excluding tert-OH is 1. The summed E-state index contributed by atoms with van der Waals surface area (Å²) in [5, 5.41) is 41.4. The van der Waals surface area contributed by atoms with Crippen LogP contribution in [0.25, 0.3) is 0 Å². The number of halogens is 1. The van der Waals surface area contributed by atoms with E-state index in [0.717, 1.165) is 12.0 Å². The van der Waals surface area contributed by atoms with Crippen LogP contribution in [0.2, 0.25) is 5.02 Å². The van der Waals surface area contributed by atoms with Crippen molar-refractivity contribution in [2.45, 2.75) is 37.6 Å². The van der Waals surface area contributed by atoms with Gasteiger partial charge in [-0.3, -0.25) is 9.69 Å². The number of carboxylic acids is 2. The average molecular weight is 542 g/mol. The first kappa shape index (κ1) is 27.4. The first-order valence-corrected chi connectivity index (χ1v) is 12.5. The van der Waals surface area contributed by atoms with Crippen LogP contribution in [0.15, 0.2) is 6.07 Å². The van der Waals surface area contributed by atoms with Crippen LogP contribution in [-0.4, -0.2) is 100 Å². The molecule has 4 rings (SSSR count). The van der Waals surface area contributed by atoms with E-state index in [9.17, 15) is 24.6 Å². The van der Waals surface area contributed by atoms with Crippen molar-refractivity contribution in [2.75, 3.05) is 45.1 Å². The average Bonchev–Trinajstić information content (AvgIpc) is 3.29. The molecule has 7 N–H and O–H groups in total. The van der Waals surface area contributed by atoms with Gasteiger partial charge < -0.3 is 41.0 Å². The monoisotopic (exact) mass is 541 g/mol. The topological polar surface area (TPSA) is 192 Å². The number of rotatable bonds is 11. The van der Waals surface area contributed by atoms with Crippen molar-refractivity contribution in [2.24, 2.45) is 17.8 Å². The highest BCUT2D eigenvalue weighted by molar-refractivity contribution is 6.33. The van der Waals surface area contributed by atoms with Gasteiger partial charge in [-0.05, 0) is 43.6 Å². The number of nitrogen functional groups attached to an aromatic ring is 1. The van der Waals surface area contributed by atoms with Gasteiger partial charge in [0, 0.05) is 31.7 Å². The van der Waals surface area contributed by atoms with E-state index in [4.69, 9.17) is 37.0 Å². The number of nitrogens with two attached hydrogens (primary N) is 1. The lowest BCUT2D eigenvalue weighted by Gasteiger charge is -2.31. The number of carbonyl (C=O) groups is 3. The zero-order valence-electron chi connectivity index (χ0n) is 20.4. The van der Waals surface area contributed by atoms with Gasteiger partial charge in [0.15, 0.2) is 12.2 Å². The van der Waals surface area contributed by atoms with E-state index >= 15 is 0 Å². The van der Waals surface area contributed by atoms with Crippen LogP contribution in [0.3, 0.4) is 0 Å². The molecule has 2 heterocycles. The predicted octanol–water partition coefficient (Wildman–Crippen LogP) is -0.179. The smallest absolute Gasteiger partial charge is 0.336 e. The minimum atomic E-state index is -2.25. The summed E-state index contributed by atoms with van der Waals surface area (Å²) in [7, 11) is 0. The van der Waals surface area contributed by atoms with Crippen molar-refractivity contribution in [1.82, 2.24) is 10.2 Å². The maximum atomic E-state index is 12.9. The Morgan fingerprint density at radius 3 is 2.59 bits per heavy atom. The molecule has 13 heteroatoms. The number of piperidine rings is 1. The molecule has 0 aromatic heterocycles. The lowest BCUT2D eigenvalue weighted by atomic mass is 9.99. The molecule has 12 nitrogen and oxygen atoms in total. The Hall–Kier alpha value is -2.64. The standard InChI is InChI=1S/C24H32ClN3O9/c1-24(35,10-37-20(23(33)34)18(29)22(31)32)9-28-7-14-13(15(14)8-28)6-27-21(30)12-5-16(25)17(26)11-3-2-4-36-19(11)12/h5,13-15,18,20,29,35H,2-4,6-10,26H2,1H3,(H,27,30)(H,31,32)(H,33,34). The van der Waals surface area contributed by atoms with Crippen LogP contribution in [0.5, 0.6) is 5.75 Å². The molecule has 1 aromatic carbocycles. The van der Waals surface area contributed by atoms with Crippen molar-refractivity contribution in [1.29, 1.82) is 0 Å². The highest BCUT2D eigenvalue weighted by Gasteiger charge is 2.55. The molecule has 0 radical (unpaired) electrons. The highest BCUT2D eigenvalue weighted by atomic mass is 35.5. The number of nitrogens with one attached hydrogen (secondary N) is 1. The van der Waals surface area contributed by atoms with E-state index in [1.165, 1.54) is 6.92 Å². The zero-order valence-corrected chi connectivity index (χ0v) is 21.1. The molecular weight excluding hydrogens is 510 g/mol. The summed E-state index contributed by atoms with van der Waals surface area (Å²) in [6.45, 7) is 3.56. The fourth-order valence-electron chi connectivity index (χ4n) is 5.40. The van der Waals surface area contributed by atoms with E-state index in [2.05, 4.69) is 5.32 Å². The van der Waals surface area contributed by atoms with Crippen molar-refractivity contribution < 1.29 is 44.3 Å². The minimum Gasteiger partial charge on any atom is -0.492 e. The molecule has 1 amide bonds. The van der Waals surface area contributed by atoms with E-state index in [1.54, 1.807) is 6.07 Å². The first-order chi connectivity index (χ1) is 17.4. The molecule has 37 heavy (non-hydrogen) atoms. The van der Waals surface area contributed by atoms with E-state index in [-0.39, 0.29) is 12.5 Å². The van der Waals surface area contributed by atoms with Gasteiger partial charge >= 0.3 is 11.9 Å². The number of hydrogen-bond donors (Lipinski definition) is 6. The number of amides is 1. The summed E-state index contributed by atoms with van der Waals surface area (Å²) >= 11 is 6.24. The third-order valence-corrected chi connectivity index (χ3v) is 7.61. The van der Waals surface area contributed by atoms with Gasteiger partial charge in [-0.2, -0.15) is 0 Å². The summed E-state index contributed by atoms with van der Waals surface area (Å²) in [6, 6.07) is 1.54. The Bertz CT molecular complexity index is 1070. The van der Waals surface area contributed by atoms with Crippen LogP contribution >= 0.6 is 11.6 Å². The van der Waals surface area contributed by atoms with Crippen LogP contribution in [0, 0.1) is 17.8 Å². The molecule has 5 atom stereocenters. The van der Waals surface area contributed by atoms with Crippen molar-refractivity contribution in [3.8, 4) is 5.75 Å². The molecule has 1 saturated heterocycles. The molecule has 0 bridgehead atoms. The predicted molar refractivity (Wildman–Crippen MR) is 131 cm³/mol. The molecular formula is C24H32ClN3O9. The Balaban J connectivity index is 1.25. The number of aliphatic carboxylic acids is 2. The fraction of sp³-hybridized carbons (Fsp3) is 0.625. The van der Waals surface area contributed by atoms with Gasteiger partial charge in [0.2, 0.25) is 0 Å². The molecule has 2 fully saturated rings. The molecule has 5 unspecified atom stereocenters. The van der Waals surface area contributed by atoms with Gasteiger partial charge in [-0.1, -0.05) is 11.6 Å². The Kier molecular flexibility index (Phi) is 7.86. The van der Waals surface area contributed by atoms with Gasteiger partial charge in [-0.25, -0.2) is 9.59 Å². The van der Waals surface area contributed by atoms with Crippen LogP contribution in [0.4, 0.5) is 5.69 Å². The van der Waals surface area contributed by atoms with Crippen molar-refractivity contribution in [3.05, 3.63) is 22.2 Å². The summed E-state index contributed by atoms with van der Waals surface area (Å²) in [5.41, 5.74) is 6.20. The van der Waals surface area contributed by atoms with Crippen molar-refractivity contribution >= 4 is 35.1 Å². The number of carboxylic acid groups (broad SMARTS) is 2. The number of aliphatic hydroxyl groups is 2. The summed E-state index contributed by atoms with van der Waals surface area (Å²) < 4.78 is 10.8. The molecule has 1 saturated carbocycles. The molecule has 1 aliphatic carbocycles. The maximum absolute atomic E-state index is 12.9. The number of nitrogens with zero attached hydrogens (tertiary/aromatic N) is 1. The number of ether oxygens (including phenoxy) is 2. The molecule has 3 aliphatic rings. The molecule has 0 spiro atoms. The number of carbonyl (C=O) groups excluding carboxylic acids is 1. The van der Waals surface area contributed by atoms with Crippen LogP contribution in [-0.2, 0) is 20.7 Å². The van der Waals surface area contributed by atoms with Gasteiger partial charge in [0.05, 0.1) is 35.1 Å². The maximum Gasteiger partial charge on any atom is 0.336 e. The Morgan fingerprint density at radius 1 is 1.30 bits per heavy atom. The van der Waals surface area contributed by atoms with Gasteiger partial charge in [-0.15, -0.1) is 0 Å². The third-order valence-electron chi connectivity index (χ3n) is 7.30. The highest BCUT2D eigenvalue weighted by Crippen LogP contribution is 2.51. The second-order valence-corrected chi connectivity index (χ2v) is 10.7. The lowest BCUT2D eigenvalue weighted by molar-refractivity contribution is -0.177. The number of fused-ring (bicyclic) bond motifs is 2. The Labute approximate surface area is 218 Å². The number of benzene rings is 1. The van der Waals surface area contributed by atoms with Gasteiger partial charge in [0.1, 0.15) is 5.75 Å². The van der Waals surface area contributed by atoms with Crippen LogP contribution < -0.4 is 15.8 Å². The normalized spacial score (nSPS) is 25.7. The SMILES string of the molecule is CC(O)(COC(C(=O)O)C(O)C(=O)O)CN1CC2C(CNC(=O)c3cc(Cl)c(N)c4c3OCCC4)C2C1. The molecule has 204 valence electrons. The number of likely N-dealkylation sites (tertiary alicyclic amines) is 1. The minimum absolute atomic E-state index is 0.183. The summed E-state index contributed by atoms with van der Waals surface area (Å²) in [6.07, 6.45) is -2.72. The lowest BCUT2D eigenvalue weighted by Crippen LogP contribution is -2.48. The van der Waals surface area contributed by atoms with Crippen LogP contribution in [0.1, 0.15) is 29.3 Å². The number of β-amino-alcohol motifs (C(OH)–C–C–N with tert-alkyl or cyclic N) is 1. The second-order valence-electron chi connectivity index (χ2n) is 10.3. The Morgan fingerprint density at radius 2 is 1.97 bits per heavy atom. The van der Waals surface area contributed by atoms with E-state index < -0.39 is 36.4 Å². The molecule has 1 aromatic rings. The third kappa shape index (κ3) is 5.93. The largest absolute Gasteiger partial charge is 0.492 e.